The molecule has 0 radical (unpaired) electrons. The molecule has 0 saturated heterocycles. The lowest BCUT2D eigenvalue weighted by Gasteiger charge is -2.20. The van der Waals surface area contributed by atoms with E-state index in [1.54, 1.807) is 10.4 Å². The third-order valence-electron chi connectivity index (χ3n) is 6.03. The first-order chi connectivity index (χ1) is 12.6. The van der Waals surface area contributed by atoms with Crippen LogP contribution in [-0.2, 0) is 0 Å². The number of fused-ring (bicyclic) bond motifs is 8. The van der Waals surface area contributed by atoms with Crippen molar-refractivity contribution in [3.63, 3.8) is 0 Å². The summed E-state index contributed by atoms with van der Waals surface area (Å²) in [6.45, 7) is 4.96. The summed E-state index contributed by atoms with van der Waals surface area (Å²) >= 11 is 0. The highest BCUT2D eigenvalue weighted by molar-refractivity contribution is 7.05. The highest BCUT2D eigenvalue weighted by Crippen LogP contribution is 2.36. The van der Waals surface area contributed by atoms with E-state index in [2.05, 4.69) is 79.8 Å². The molecule has 0 aliphatic carbocycles. The number of para-hydroxylation sites is 1. The third kappa shape index (κ3) is 1.65. The summed E-state index contributed by atoms with van der Waals surface area (Å²) in [7, 11) is -1.71. The molecule has 1 aliphatic rings. The number of benzene rings is 4. The van der Waals surface area contributed by atoms with E-state index in [1.165, 1.54) is 32.7 Å². The van der Waals surface area contributed by atoms with Crippen molar-refractivity contribution in [3.8, 4) is 11.1 Å². The van der Waals surface area contributed by atoms with Gasteiger partial charge >= 0.3 is 0 Å². The van der Waals surface area contributed by atoms with Crippen molar-refractivity contribution < 1.29 is 4.42 Å². The van der Waals surface area contributed by atoms with Gasteiger partial charge < -0.3 is 4.42 Å². The molecule has 0 saturated carbocycles. The maximum Gasteiger partial charge on any atom is 0.136 e. The van der Waals surface area contributed by atoms with Gasteiger partial charge in [0.1, 0.15) is 19.2 Å². The molecule has 0 spiro atoms. The molecule has 1 nitrogen and oxygen atoms in total. The summed E-state index contributed by atoms with van der Waals surface area (Å²) < 4.78 is 6.11. The minimum Gasteiger partial charge on any atom is -0.456 e. The molecule has 1 aromatic heterocycles. The summed E-state index contributed by atoms with van der Waals surface area (Å²) in [6, 6.07) is 26.5. The number of hydrogen-bond donors (Lipinski definition) is 0. The van der Waals surface area contributed by atoms with E-state index in [0.29, 0.717) is 0 Å². The molecule has 2 heterocycles. The van der Waals surface area contributed by atoms with Crippen molar-refractivity contribution in [3.05, 3.63) is 72.8 Å². The lowest BCUT2D eigenvalue weighted by molar-refractivity contribution is 0.669. The van der Waals surface area contributed by atoms with E-state index in [9.17, 15) is 0 Å². The van der Waals surface area contributed by atoms with Crippen LogP contribution in [0.5, 0.6) is 0 Å². The normalized spacial score (nSPS) is 14.8. The molecule has 0 fully saturated rings. The van der Waals surface area contributed by atoms with Crippen LogP contribution in [0.4, 0.5) is 0 Å². The second kappa shape index (κ2) is 4.66. The van der Waals surface area contributed by atoms with Crippen molar-refractivity contribution in [2.45, 2.75) is 13.1 Å². The Bertz CT molecular complexity index is 1360. The summed E-state index contributed by atoms with van der Waals surface area (Å²) in [5.41, 5.74) is 4.80. The van der Waals surface area contributed by atoms with E-state index < -0.39 is 8.07 Å². The predicted molar refractivity (Wildman–Crippen MR) is 113 cm³/mol. The fourth-order valence-electron chi connectivity index (χ4n) is 4.84. The van der Waals surface area contributed by atoms with Crippen LogP contribution in [0.15, 0.2) is 77.2 Å². The van der Waals surface area contributed by atoms with Gasteiger partial charge in [-0.2, -0.15) is 0 Å². The molecule has 2 heteroatoms. The highest BCUT2D eigenvalue weighted by atomic mass is 28.3. The van der Waals surface area contributed by atoms with Crippen LogP contribution < -0.4 is 10.4 Å². The van der Waals surface area contributed by atoms with Gasteiger partial charge in [-0.25, -0.2) is 0 Å². The van der Waals surface area contributed by atoms with Crippen LogP contribution in [0.1, 0.15) is 0 Å². The van der Waals surface area contributed by atoms with E-state index in [0.717, 1.165) is 11.2 Å². The SMILES string of the molecule is C[Si]1(C)c2ccccc2-c2ccc3cc4oc5ccccc5c4cc3c21. The number of rotatable bonds is 0. The highest BCUT2D eigenvalue weighted by Gasteiger charge is 2.38. The molecule has 1 aliphatic heterocycles. The van der Waals surface area contributed by atoms with Crippen molar-refractivity contribution in [1.29, 1.82) is 0 Å². The average Bonchev–Trinajstić information content (AvgIpc) is 3.13. The van der Waals surface area contributed by atoms with Gasteiger partial charge in [-0.15, -0.1) is 0 Å². The van der Waals surface area contributed by atoms with Crippen molar-refractivity contribution in [2.24, 2.45) is 0 Å². The predicted octanol–water partition coefficient (Wildman–Crippen LogP) is 5.54. The summed E-state index contributed by atoms with van der Waals surface area (Å²) in [5, 5.41) is 8.24. The lowest BCUT2D eigenvalue weighted by Crippen LogP contribution is -2.49. The minimum atomic E-state index is -1.71. The zero-order valence-corrected chi connectivity index (χ0v) is 15.8. The topological polar surface area (TPSA) is 13.1 Å². The third-order valence-corrected chi connectivity index (χ3v) is 9.60. The molecular weight excluding hydrogens is 332 g/mol. The van der Waals surface area contributed by atoms with Gasteiger partial charge in [-0.3, -0.25) is 0 Å². The Labute approximate surface area is 152 Å². The molecular formula is C24H18OSi. The van der Waals surface area contributed by atoms with Crippen molar-refractivity contribution in [1.82, 2.24) is 0 Å². The maximum absolute atomic E-state index is 6.11. The molecule has 6 rings (SSSR count). The van der Waals surface area contributed by atoms with Crippen molar-refractivity contribution >= 4 is 51.2 Å². The molecule has 124 valence electrons. The molecule has 0 atom stereocenters. The Morgan fingerprint density at radius 3 is 2.38 bits per heavy atom. The second-order valence-electron chi connectivity index (χ2n) is 7.83. The molecule has 5 aromatic rings. The largest absolute Gasteiger partial charge is 0.456 e. The maximum atomic E-state index is 6.11. The Balaban J connectivity index is 1.80. The van der Waals surface area contributed by atoms with Crippen LogP contribution in [0.2, 0.25) is 13.1 Å². The molecule has 26 heavy (non-hydrogen) atoms. The van der Waals surface area contributed by atoms with Crippen LogP contribution >= 0.6 is 0 Å². The van der Waals surface area contributed by atoms with Gasteiger partial charge in [0.15, 0.2) is 0 Å². The van der Waals surface area contributed by atoms with Crippen LogP contribution in [-0.4, -0.2) is 8.07 Å². The summed E-state index contributed by atoms with van der Waals surface area (Å²) in [6.07, 6.45) is 0. The molecule has 0 N–H and O–H groups in total. The zero-order chi connectivity index (χ0) is 17.5. The van der Waals surface area contributed by atoms with Gasteiger partial charge in [0.25, 0.3) is 0 Å². The summed E-state index contributed by atoms with van der Waals surface area (Å²) in [5.74, 6) is 0. The molecule has 0 bridgehead atoms. The van der Waals surface area contributed by atoms with Gasteiger partial charge in [-0.05, 0) is 50.5 Å². The lowest BCUT2D eigenvalue weighted by atomic mass is 10.00. The Morgan fingerprint density at radius 1 is 0.654 bits per heavy atom. The Morgan fingerprint density at radius 2 is 1.46 bits per heavy atom. The zero-order valence-electron chi connectivity index (χ0n) is 14.8. The monoisotopic (exact) mass is 350 g/mol. The molecule has 0 amide bonds. The number of furan rings is 1. The van der Waals surface area contributed by atoms with E-state index in [-0.39, 0.29) is 0 Å². The first-order valence-electron chi connectivity index (χ1n) is 9.13. The van der Waals surface area contributed by atoms with Crippen LogP contribution in [0, 0.1) is 0 Å². The Kier molecular flexibility index (Phi) is 2.57. The molecule has 4 aromatic carbocycles. The molecule has 0 unspecified atom stereocenters. The minimum absolute atomic E-state index is 0.967. The fraction of sp³-hybridized carbons (Fsp3) is 0.0833. The van der Waals surface area contributed by atoms with Gasteiger partial charge in [0.05, 0.1) is 0 Å². The van der Waals surface area contributed by atoms with Gasteiger partial charge in [-0.1, -0.05) is 67.7 Å². The number of hydrogen-bond acceptors (Lipinski definition) is 1. The summed E-state index contributed by atoms with van der Waals surface area (Å²) in [4.78, 5) is 0. The first kappa shape index (κ1) is 14.3. The quantitative estimate of drug-likeness (QED) is 0.334. The van der Waals surface area contributed by atoms with Crippen LogP contribution in [0.25, 0.3) is 43.8 Å². The fourth-order valence-corrected chi connectivity index (χ4v) is 8.29. The van der Waals surface area contributed by atoms with E-state index >= 15 is 0 Å². The standard InChI is InChI=1S/C24H18OSi/c1-26(2)23-10-6-4-8-17(23)18-12-11-15-13-22-20(14-19(15)24(18)26)16-7-3-5-9-21(16)25-22/h3-14H,1-2H3. The smallest absolute Gasteiger partial charge is 0.136 e. The van der Waals surface area contributed by atoms with Crippen LogP contribution in [0.3, 0.4) is 0 Å². The first-order valence-corrected chi connectivity index (χ1v) is 12.1. The van der Waals surface area contributed by atoms with Crippen molar-refractivity contribution in [2.75, 3.05) is 0 Å². The van der Waals surface area contributed by atoms with Gasteiger partial charge in [0.2, 0.25) is 0 Å². The van der Waals surface area contributed by atoms with Gasteiger partial charge in [0, 0.05) is 10.8 Å². The second-order valence-corrected chi connectivity index (χ2v) is 12.1. The average molecular weight is 350 g/mol. The Hall–Kier alpha value is -2.84. The van der Waals surface area contributed by atoms with E-state index in [4.69, 9.17) is 4.42 Å². The van der Waals surface area contributed by atoms with E-state index in [1.807, 2.05) is 6.07 Å².